The molecule has 0 radical (unpaired) electrons. The van der Waals surface area contributed by atoms with Crippen LogP contribution in [0.4, 0.5) is 5.69 Å². The number of nitrogens with zero attached hydrogens (tertiary/aromatic N) is 2. The van der Waals surface area contributed by atoms with E-state index in [0.717, 1.165) is 49.9 Å². The highest BCUT2D eigenvalue weighted by atomic mass is 127. The molecule has 1 aliphatic carbocycles. The number of hydrogen-bond donors (Lipinski definition) is 1. The average Bonchev–Trinajstić information content (AvgIpc) is 3.28. The zero-order chi connectivity index (χ0) is 24.9. The van der Waals surface area contributed by atoms with Gasteiger partial charge in [0.25, 0.3) is 0 Å². The fourth-order valence-corrected chi connectivity index (χ4v) is 5.68. The van der Waals surface area contributed by atoms with Crippen molar-refractivity contribution in [2.24, 2.45) is 0 Å². The Kier molecular flexibility index (Phi) is 9.39. The monoisotopic (exact) mass is 661 g/mol. The van der Waals surface area contributed by atoms with Crippen LogP contribution in [0.15, 0.2) is 53.0 Å². The lowest BCUT2D eigenvalue weighted by atomic mass is 10.1. The molecule has 0 aliphatic heterocycles. The first-order valence-electron chi connectivity index (χ1n) is 11.1. The van der Waals surface area contributed by atoms with E-state index in [4.69, 9.17) is 0 Å². The van der Waals surface area contributed by atoms with Crippen molar-refractivity contribution in [1.29, 1.82) is 0 Å². The highest BCUT2D eigenvalue weighted by Gasteiger charge is 2.31. The van der Waals surface area contributed by atoms with Gasteiger partial charge in [0.05, 0.1) is 11.9 Å². The molecule has 184 valence electrons. The van der Waals surface area contributed by atoms with Crippen LogP contribution in [0.2, 0.25) is 0 Å². The molecule has 0 saturated heterocycles. The standard InChI is InChI=1S/C24H29BrIN3O4S/c1-17(24(31)27-21-8-3-4-9-21)28(15-18-6-5-7-19(25)14-18)23(30)16-29(34(2,32)33)22-12-10-20(26)11-13-22/h5-7,10-14,17,21H,3-4,8-9,15-16H2,1-2H3,(H,27,31). The quantitative estimate of drug-likeness (QED) is 0.406. The number of carbonyl (C=O) groups excluding carboxylic acids is 2. The van der Waals surface area contributed by atoms with E-state index in [1.165, 1.54) is 4.90 Å². The number of hydrogen-bond acceptors (Lipinski definition) is 4. The summed E-state index contributed by atoms with van der Waals surface area (Å²) in [7, 11) is -3.73. The van der Waals surface area contributed by atoms with Crippen molar-refractivity contribution in [2.45, 2.75) is 51.2 Å². The number of amides is 2. The first kappa shape index (κ1) is 26.9. The number of carbonyl (C=O) groups is 2. The van der Waals surface area contributed by atoms with Crippen molar-refractivity contribution in [3.63, 3.8) is 0 Å². The number of anilines is 1. The Morgan fingerprint density at radius 1 is 1.15 bits per heavy atom. The van der Waals surface area contributed by atoms with Crippen LogP contribution in [-0.4, -0.2) is 50.0 Å². The lowest BCUT2D eigenvalue weighted by Gasteiger charge is -2.32. The van der Waals surface area contributed by atoms with Crippen LogP contribution in [0.25, 0.3) is 0 Å². The summed E-state index contributed by atoms with van der Waals surface area (Å²) in [6.07, 6.45) is 5.12. The van der Waals surface area contributed by atoms with E-state index < -0.39 is 28.5 Å². The zero-order valence-electron chi connectivity index (χ0n) is 19.2. The van der Waals surface area contributed by atoms with Crippen LogP contribution in [-0.2, 0) is 26.2 Å². The maximum Gasteiger partial charge on any atom is 0.244 e. The molecule has 1 N–H and O–H groups in total. The molecule has 0 bridgehead atoms. The fraction of sp³-hybridized carbons (Fsp3) is 0.417. The highest BCUT2D eigenvalue weighted by Crippen LogP contribution is 2.22. The Bertz CT molecular complexity index is 1120. The number of sulfonamides is 1. The summed E-state index contributed by atoms with van der Waals surface area (Å²) >= 11 is 5.58. The topological polar surface area (TPSA) is 86.8 Å². The average molecular weight is 662 g/mol. The zero-order valence-corrected chi connectivity index (χ0v) is 23.8. The van der Waals surface area contributed by atoms with Crippen LogP contribution in [0.5, 0.6) is 0 Å². The van der Waals surface area contributed by atoms with Crippen molar-refractivity contribution in [3.8, 4) is 0 Å². The Hall–Kier alpha value is -1.66. The van der Waals surface area contributed by atoms with Crippen LogP contribution in [0, 0.1) is 3.57 Å². The molecule has 7 nitrogen and oxygen atoms in total. The molecular weight excluding hydrogens is 633 g/mol. The van der Waals surface area contributed by atoms with Gasteiger partial charge in [-0.1, -0.05) is 40.9 Å². The minimum Gasteiger partial charge on any atom is -0.352 e. The van der Waals surface area contributed by atoms with Gasteiger partial charge in [0, 0.05) is 20.6 Å². The summed E-state index contributed by atoms with van der Waals surface area (Å²) in [5.74, 6) is -0.673. The summed E-state index contributed by atoms with van der Waals surface area (Å²) in [4.78, 5) is 28.0. The van der Waals surface area contributed by atoms with E-state index in [1.54, 1.807) is 31.2 Å². The smallest absolute Gasteiger partial charge is 0.244 e. The molecule has 1 saturated carbocycles. The van der Waals surface area contributed by atoms with E-state index in [2.05, 4.69) is 43.8 Å². The van der Waals surface area contributed by atoms with Crippen LogP contribution < -0.4 is 9.62 Å². The summed E-state index contributed by atoms with van der Waals surface area (Å²) in [6.45, 7) is 1.48. The van der Waals surface area contributed by atoms with Crippen molar-refractivity contribution >= 4 is 66.0 Å². The summed E-state index contributed by atoms with van der Waals surface area (Å²) in [5, 5.41) is 3.06. The maximum atomic E-state index is 13.5. The van der Waals surface area contributed by atoms with Crippen LogP contribution in [0.3, 0.4) is 0 Å². The van der Waals surface area contributed by atoms with Gasteiger partial charge in [0.1, 0.15) is 12.6 Å². The lowest BCUT2D eigenvalue weighted by molar-refractivity contribution is -0.139. The fourth-order valence-electron chi connectivity index (χ4n) is 4.03. The normalized spacial score (nSPS) is 15.1. The summed E-state index contributed by atoms with van der Waals surface area (Å²) in [6, 6.07) is 13.8. The third kappa shape index (κ3) is 7.42. The second-order valence-corrected chi connectivity index (χ2v) is 12.6. The largest absolute Gasteiger partial charge is 0.352 e. The molecule has 2 amide bonds. The van der Waals surface area contributed by atoms with E-state index >= 15 is 0 Å². The molecule has 1 fully saturated rings. The minimum absolute atomic E-state index is 0.122. The molecule has 3 rings (SSSR count). The van der Waals surface area contributed by atoms with E-state index in [-0.39, 0.29) is 18.5 Å². The SMILES string of the molecule is CC(C(=O)NC1CCCC1)N(Cc1cccc(Br)c1)C(=O)CN(c1ccc(I)cc1)S(C)(=O)=O. The maximum absolute atomic E-state index is 13.5. The molecule has 0 heterocycles. The third-order valence-electron chi connectivity index (χ3n) is 5.90. The van der Waals surface area contributed by atoms with Gasteiger partial charge >= 0.3 is 0 Å². The second kappa shape index (κ2) is 11.9. The van der Waals surface area contributed by atoms with E-state index in [0.29, 0.717) is 5.69 Å². The van der Waals surface area contributed by atoms with Gasteiger partial charge < -0.3 is 10.2 Å². The molecule has 2 aromatic carbocycles. The molecule has 2 aromatic rings. The molecule has 0 aromatic heterocycles. The first-order chi connectivity index (χ1) is 16.0. The highest BCUT2D eigenvalue weighted by molar-refractivity contribution is 14.1. The summed E-state index contributed by atoms with van der Waals surface area (Å²) in [5.41, 5.74) is 1.24. The van der Waals surface area contributed by atoms with Gasteiger partial charge in [-0.15, -0.1) is 0 Å². The van der Waals surface area contributed by atoms with Crippen LogP contribution >= 0.6 is 38.5 Å². The number of rotatable bonds is 9. The predicted molar refractivity (Wildman–Crippen MR) is 146 cm³/mol. The minimum atomic E-state index is -3.73. The van der Waals surface area contributed by atoms with Gasteiger partial charge in [0.2, 0.25) is 21.8 Å². The van der Waals surface area contributed by atoms with Gasteiger partial charge in [-0.05, 0) is 84.3 Å². The summed E-state index contributed by atoms with van der Waals surface area (Å²) < 4.78 is 28.1. The van der Waals surface area contributed by atoms with Crippen LogP contribution in [0.1, 0.15) is 38.2 Å². The number of nitrogens with one attached hydrogen (secondary N) is 1. The Balaban J connectivity index is 1.87. The van der Waals surface area contributed by atoms with Crippen molar-refractivity contribution in [2.75, 3.05) is 17.1 Å². The Morgan fingerprint density at radius 2 is 1.79 bits per heavy atom. The molecular formula is C24H29BrIN3O4S. The molecule has 34 heavy (non-hydrogen) atoms. The Morgan fingerprint density at radius 3 is 2.38 bits per heavy atom. The van der Waals surface area contributed by atoms with E-state index in [1.807, 2.05) is 24.3 Å². The van der Waals surface area contributed by atoms with Gasteiger partial charge in [-0.3, -0.25) is 13.9 Å². The molecule has 0 spiro atoms. The molecule has 1 atom stereocenters. The van der Waals surface area contributed by atoms with Gasteiger partial charge in [0.15, 0.2) is 0 Å². The molecule has 1 aliphatic rings. The van der Waals surface area contributed by atoms with Gasteiger partial charge in [-0.25, -0.2) is 8.42 Å². The Labute approximate surface area is 223 Å². The second-order valence-electron chi connectivity index (χ2n) is 8.56. The number of benzene rings is 2. The van der Waals surface area contributed by atoms with Crippen molar-refractivity contribution in [3.05, 3.63) is 62.1 Å². The third-order valence-corrected chi connectivity index (χ3v) is 8.26. The molecule has 1 unspecified atom stereocenters. The van der Waals surface area contributed by atoms with Crippen molar-refractivity contribution < 1.29 is 18.0 Å². The first-order valence-corrected chi connectivity index (χ1v) is 14.8. The van der Waals surface area contributed by atoms with Gasteiger partial charge in [-0.2, -0.15) is 0 Å². The lowest BCUT2D eigenvalue weighted by Crippen LogP contribution is -2.52. The van der Waals surface area contributed by atoms with Crippen molar-refractivity contribution in [1.82, 2.24) is 10.2 Å². The molecule has 10 heteroatoms. The number of halogens is 2. The predicted octanol–water partition coefficient (Wildman–Crippen LogP) is 4.30. The van der Waals surface area contributed by atoms with E-state index in [9.17, 15) is 18.0 Å².